The Labute approximate surface area is 105 Å². The van der Waals surface area contributed by atoms with Gasteiger partial charge in [-0.25, -0.2) is 4.79 Å². The van der Waals surface area contributed by atoms with E-state index in [1.807, 2.05) is 30.3 Å². The van der Waals surface area contributed by atoms with Crippen LogP contribution in [0.1, 0.15) is 6.92 Å². The van der Waals surface area contributed by atoms with Gasteiger partial charge in [0.05, 0.1) is 7.11 Å². The van der Waals surface area contributed by atoms with E-state index in [9.17, 15) is 4.79 Å². The van der Waals surface area contributed by atoms with Crippen molar-refractivity contribution >= 4 is 28.9 Å². The van der Waals surface area contributed by atoms with Crippen LogP contribution in [0.5, 0.6) is 0 Å². The normalized spacial score (nSPS) is 11.4. The fraction of sp³-hybridized carbons (Fsp3) is 0.167. The van der Waals surface area contributed by atoms with Crippen molar-refractivity contribution in [2.24, 2.45) is 5.73 Å². The number of hydrogen-bond acceptors (Lipinski definition) is 4. The van der Waals surface area contributed by atoms with Crippen molar-refractivity contribution in [2.45, 2.75) is 6.92 Å². The number of esters is 1. The second kappa shape index (κ2) is 6.00. The van der Waals surface area contributed by atoms with Gasteiger partial charge < -0.3 is 15.8 Å². The van der Waals surface area contributed by atoms with Gasteiger partial charge >= 0.3 is 5.97 Å². The van der Waals surface area contributed by atoms with Gasteiger partial charge in [-0.3, -0.25) is 0 Å². The van der Waals surface area contributed by atoms with Crippen LogP contribution in [-0.4, -0.2) is 18.1 Å². The summed E-state index contributed by atoms with van der Waals surface area (Å²) in [6, 6.07) is 9.29. The summed E-state index contributed by atoms with van der Waals surface area (Å²) in [6.07, 6.45) is 0. The van der Waals surface area contributed by atoms with Crippen molar-refractivity contribution in [3.8, 4) is 0 Å². The summed E-state index contributed by atoms with van der Waals surface area (Å²) in [5.41, 5.74) is 6.92. The Morgan fingerprint density at radius 2 is 1.94 bits per heavy atom. The molecule has 1 rings (SSSR count). The van der Waals surface area contributed by atoms with E-state index in [4.69, 9.17) is 18.0 Å². The van der Waals surface area contributed by atoms with E-state index in [2.05, 4.69) is 10.1 Å². The summed E-state index contributed by atoms with van der Waals surface area (Å²) < 4.78 is 4.63. The fourth-order valence-corrected chi connectivity index (χ4v) is 1.61. The molecule has 0 aliphatic rings. The minimum Gasteiger partial charge on any atom is -0.465 e. The molecule has 1 aromatic carbocycles. The summed E-state index contributed by atoms with van der Waals surface area (Å²) in [5.74, 6) is -0.543. The zero-order chi connectivity index (χ0) is 12.8. The molecular formula is C12H14N2O2S. The smallest absolute Gasteiger partial charge is 0.342 e. The van der Waals surface area contributed by atoms with Crippen molar-refractivity contribution in [1.29, 1.82) is 0 Å². The van der Waals surface area contributed by atoms with Gasteiger partial charge in [-0.1, -0.05) is 30.4 Å². The Bertz CT molecular complexity index is 451. The highest BCUT2D eigenvalue weighted by molar-refractivity contribution is 7.81. The molecule has 0 aromatic heterocycles. The Kier molecular flexibility index (Phi) is 4.66. The van der Waals surface area contributed by atoms with Crippen LogP contribution in [0, 0.1) is 0 Å². The molecule has 3 N–H and O–H groups in total. The summed E-state index contributed by atoms with van der Waals surface area (Å²) in [7, 11) is 1.29. The van der Waals surface area contributed by atoms with E-state index >= 15 is 0 Å². The number of ether oxygens (including phenoxy) is 1. The lowest BCUT2D eigenvalue weighted by Crippen LogP contribution is -2.23. The van der Waals surface area contributed by atoms with Crippen LogP contribution in [0.15, 0.2) is 41.6 Å². The lowest BCUT2D eigenvalue weighted by molar-refractivity contribution is -0.135. The predicted molar refractivity (Wildman–Crippen MR) is 71.6 cm³/mol. The standard InChI is InChI=1S/C12H14N2O2S/c1-8(13)10(12(15)16-2)11(17)14-9-6-4-3-5-7-9/h3-7H,13H2,1-2H3,(H,14,17). The molecule has 0 saturated heterocycles. The number of benzene rings is 1. The third-order valence-corrected chi connectivity index (χ3v) is 2.35. The molecule has 4 nitrogen and oxygen atoms in total. The van der Waals surface area contributed by atoms with Gasteiger partial charge in [-0.2, -0.15) is 0 Å². The maximum atomic E-state index is 11.5. The minimum absolute atomic E-state index is 0.186. The predicted octanol–water partition coefficient (Wildman–Crippen LogP) is 1.83. The molecule has 17 heavy (non-hydrogen) atoms. The topological polar surface area (TPSA) is 64.3 Å². The maximum Gasteiger partial charge on any atom is 0.342 e. The summed E-state index contributed by atoms with van der Waals surface area (Å²) in [6.45, 7) is 1.60. The van der Waals surface area contributed by atoms with E-state index in [-0.39, 0.29) is 10.6 Å². The quantitative estimate of drug-likeness (QED) is 0.487. The third-order valence-electron chi connectivity index (χ3n) is 2.04. The molecule has 0 heterocycles. The number of para-hydroxylation sites is 1. The Hall–Kier alpha value is -1.88. The van der Waals surface area contributed by atoms with Crippen molar-refractivity contribution in [3.63, 3.8) is 0 Å². The molecule has 0 spiro atoms. The van der Waals surface area contributed by atoms with Gasteiger partial charge in [0.2, 0.25) is 0 Å². The average molecular weight is 250 g/mol. The number of methoxy groups -OCH3 is 1. The molecule has 90 valence electrons. The van der Waals surface area contributed by atoms with E-state index < -0.39 is 5.97 Å². The number of anilines is 1. The molecule has 0 aliphatic carbocycles. The third kappa shape index (κ3) is 3.57. The van der Waals surface area contributed by atoms with Gasteiger partial charge in [0.15, 0.2) is 0 Å². The van der Waals surface area contributed by atoms with Crippen LogP contribution in [0.3, 0.4) is 0 Å². The molecular weight excluding hydrogens is 236 g/mol. The highest BCUT2D eigenvalue weighted by atomic mass is 32.1. The van der Waals surface area contributed by atoms with Crippen LogP contribution in [0.2, 0.25) is 0 Å². The fourth-order valence-electron chi connectivity index (χ4n) is 1.25. The van der Waals surface area contributed by atoms with E-state index in [0.717, 1.165) is 5.69 Å². The SMILES string of the molecule is COC(=O)C(C(=S)Nc1ccccc1)=C(C)N. The first-order valence-electron chi connectivity index (χ1n) is 4.97. The number of allylic oxidation sites excluding steroid dienone is 1. The number of hydrogen-bond donors (Lipinski definition) is 2. The first kappa shape index (κ1) is 13.2. The largest absolute Gasteiger partial charge is 0.465 e. The molecule has 0 unspecified atom stereocenters. The van der Waals surface area contributed by atoms with Crippen LogP contribution in [0.25, 0.3) is 0 Å². The second-order valence-electron chi connectivity index (χ2n) is 3.37. The number of thiocarbonyl (C=S) groups is 1. The van der Waals surface area contributed by atoms with Gasteiger partial charge in [-0.05, 0) is 19.1 Å². The maximum absolute atomic E-state index is 11.5. The minimum atomic E-state index is -0.543. The first-order valence-corrected chi connectivity index (χ1v) is 5.38. The molecule has 0 fully saturated rings. The summed E-state index contributed by atoms with van der Waals surface area (Å²) in [5, 5.41) is 2.93. The van der Waals surface area contributed by atoms with Crippen LogP contribution in [0.4, 0.5) is 5.69 Å². The second-order valence-corrected chi connectivity index (χ2v) is 3.78. The number of carbonyl (C=O) groups excluding carboxylic acids is 1. The molecule has 0 radical (unpaired) electrons. The van der Waals surface area contributed by atoms with Crippen LogP contribution >= 0.6 is 12.2 Å². The molecule has 0 bridgehead atoms. The van der Waals surface area contributed by atoms with Crippen molar-refractivity contribution in [1.82, 2.24) is 0 Å². The zero-order valence-electron chi connectivity index (χ0n) is 9.69. The summed E-state index contributed by atoms with van der Waals surface area (Å²) >= 11 is 5.13. The Morgan fingerprint density at radius 1 is 1.35 bits per heavy atom. The van der Waals surface area contributed by atoms with Crippen molar-refractivity contribution < 1.29 is 9.53 Å². The lowest BCUT2D eigenvalue weighted by atomic mass is 10.2. The Balaban J connectivity index is 2.89. The van der Waals surface area contributed by atoms with Gasteiger partial charge in [-0.15, -0.1) is 0 Å². The highest BCUT2D eigenvalue weighted by Gasteiger charge is 2.17. The molecule has 5 heteroatoms. The lowest BCUT2D eigenvalue weighted by Gasteiger charge is -2.11. The number of nitrogens with two attached hydrogens (primary N) is 1. The molecule has 1 aromatic rings. The average Bonchev–Trinajstić information content (AvgIpc) is 2.29. The molecule has 0 amide bonds. The number of carbonyl (C=O) groups is 1. The first-order chi connectivity index (χ1) is 8.06. The molecule has 0 atom stereocenters. The highest BCUT2D eigenvalue weighted by Crippen LogP contribution is 2.11. The van der Waals surface area contributed by atoms with E-state index in [0.29, 0.717) is 5.70 Å². The monoisotopic (exact) mass is 250 g/mol. The number of nitrogens with one attached hydrogen (secondary N) is 1. The van der Waals surface area contributed by atoms with Crippen molar-refractivity contribution in [3.05, 3.63) is 41.6 Å². The summed E-state index contributed by atoms with van der Waals surface area (Å²) in [4.78, 5) is 11.8. The van der Waals surface area contributed by atoms with Gasteiger partial charge in [0, 0.05) is 11.4 Å². The van der Waals surface area contributed by atoms with E-state index in [1.165, 1.54) is 7.11 Å². The molecule has 0 saturated carbocycles. The van der Waals surface area contributed by atoms with Crippen LogP contribution < -0.4 is 11.1 Å². The van der Waals surface area contributed by atoms with Gasteiger partial charge in [0.1, 0.15) is 10.6 Å². The number of rotatable bonds is 3. The molecule has 0 aliphatic heterocycles. The van der Waals surface area contributed by atoms with E-state index in [1.54, 1.807) is 6.92 Å². The zero-order valence-corrected chi connectivity index (χ0v) is 10.5. The van der Waals surface area contributed by atoms with Crippen molar-refractivity contribution in [2.75, 3.05) is 12.4 Å². The van der Waals surface area contributed by atoms with Gasteiger partial charge in [0.25, 0.3) is 0 Å². The Morgan fingerprint density at radius 3 is 2.41 bits per heavy atom. The van der Waals surface area contributed by atoms with Crippen LogP contribution in [-0.2, 0) is 9.53 Å².